The average Bonchev–Trinajstić information content (AvgIpc) is 3.45. The molecule has 3 aromatic rings. The highest BCUT2D eigenvalue weighted by molar-refractivity contribution is 5.79. The van der Waals surface area contributed by atoms with E-state index >= 15 is 0 Å². The lowest BCUT2D eigenvalue weighted by Crippen LogP contribution is -2.48. The predicted molar refractivity (Wildman–Crippen MR) is 125 cm³/mol. The molecule has 1 aliphatic heterocycles. The van der Waals surface area contributed by atoms with E-state index in [0.717, 1.165) is 64.9 Å². The van der Waals surface area contributed by atoms with E-state index in [0.29, 0.717) is 25.2 Å². The number of ether oxygens (including phenoxy) is 2. The molecule has 4 aliphatic carbocycles. The smallest absolute Gasteiger partial charge is 0.309 e. The van der Waals surface area contributed by atoms with Crippen LogP contribution >= 0.6 is 0 Å². The zero-order valence-corrected chi connectivity index (χ0v) is 19.0. The number of imidazole rings is 1. The number of fused-ring (bicyclic) bond motifs is 4. The molecule has 3 heterocycles. The van der Waals surface area contributed by atoms with Crippen molar-refractivity contribution in [3.05, 3.63) is 47.9 Å². The molecule has 0 saturated heterocycles. The van der Waals surface area contributed by atoms with Crippen molar-refractivity contribution in [2.24, 2.45) is 5.41 Å². The van der Waals surface area contributed by atoms with Gasteiger partial charge in [0.15, 0.2) is 11.5 Å². The Morgan fingerprint density at radius 2 is 1.74 bits per heavy atom. The summed E-state index contributed by atoms with van der Waals surface area (Å²) in [6.45, 7) is 0.233. The quantitative estimate of drug-likeness (QED) is 0.531. The minimum atomic E-state index is -0.636. The highest BCUT2D eigenvalue weighted by Crippen LogP contribution is 2.58. The fourth-order valence-corrected chi connectivity index (χ4v) is 6.12. The number of benzene rings is 1. The Morgan fingerprint density at radius 3 is 2.47 bits per heavy atom. The number of carboxylic acids is 1. The number of nitrogens with zero attached hydrogens (tertiary/aromatic N) is 2. The van der Waals surface area contributed by atoms with Gasteiger partial charge in [0.25, 0.3) is 0 Å². The number of hydrogen-bond donors (Lipinski definition) is 2. The molecular weight excluding hydrogens is 430 g/mol. The first kappa shape index (κ1) is 20.1. The van der Waals surface area contributed by atoms with Gasteiger partial charge in [0, 0.05) is 22.6 Å². The molecule has 34 heavy (non-hydrogen) atoms. The average molecular weight is 458 g/mol. The zero-order chi connectivity index (χ0) is 22.9. The molecule has 7 nitrogen and oxygen atoms in total. The summed E-state index contributed by atoms with van der Waals surface area (Å²) in [6, 6.07) is 12.2. The summed E-state index contributed by atoms with van der Waals surface area (Å²) in [6.07, 6.45) is 7.10. The maximum absolute atomic E-state index is 11.9. The van der Waals surface area contributed by atoms with Crippen LogP contribution in [-0.4, -0.2) is 32.8 Å². The molecule has 7 heteroatoms. The number of aromatic amines is 1. The largest absolute Gasteiger partial charge is 0.481 e. The lowest BCUT2D eigenvalue weighted by atomic mass is 9.53. The highest BCUT2D eigenvalue weighted by Gasteiger charge is 2.54. The Balaban J connectivity index is 1.33. The van der Waals surface area contributed by atoms with Crippen molar-refractivity contribution >= 4 is 5.97 Å². The normalized spacial score (nSPS) is 27.2. The Bertz CT molecular complexity index is 1280. The summed E-state index contributed by atoms with van der Waals surface area (Å²) in [5.74, 6) is 2.37. The van der Waals surface area contributed by atoms with Crippen LogP contribution in [0.3, 0.4) is 0 Å². The van der Waals surface area contributed by atoms with E-state index < -0.39 is 11.4 Å². The summed E-state index contributed by atoms with van der Waals surface area (Å²) in [4.78, 5) is 25.8. The van der Waals surface area contributed by atoms with Crippen molar-refractivity contribution in [2.75, 3.05) is 6.79 Å². The second-order valence-electron chi connectivity index (χ2n) is 10.5. The van der Waals surface area contributed by atoms with Gasteiger partial charge in [-0.2, -0.15) is 0 Å². The third-order valence-corrected chi connectivity index (χ3v) is 8.57. The predicted octanol–water partition coefficient (Wildman–Crippen LogP) is 5.42. The van der Waals surface area contributed by atoms with Crippen LogP contribution in [0.4, 0.5) is 0 Å². The van der Waals surface area contributed by atoms with E-state index in [1.807, 2.05) is 18.2 Å². The Hall–Kier alpha value is -3.35. The summed E-state index contributed by atoms with van der Waals surface area (Å²) in [7, 11) is 0. The second-order valence-corrected chi connectivity index (χ2v) is 10.5. The molecule has 2 bridgehead atoms. The summed E-state index contributed by atoms with van der Waals surface area (Å²) < 4.78 is 11.1. The third-order valence-electron chi connectivity index (χ3n) is 8.57. The van der Waals surface area contributed by atoms with E-state index in [1.165, 1.54) is 12.8 Å². The van der Waals surface area contributed by atoms with Crippen molar-refractivity contribution in [2.45, 2.75) is 62.7 Å². The molecule has 0 spiro atoms. The third kappa shape index (κ3) is 2.99. The number of rotatable bonds is 5. The molecule has 0 unspecified atom stereocenters. The number of carboxylic acid groups (broad SMARTS) is 1. The fraction of sp³-hybridized carbons (Fsp3) is 0.444. The number of pyridine rings is 1. The van der Waals surface area contributed by atoms with E-state index in [-0.39, 0.29) is 12.2 Å². The lowest BCUT2D eigenvalue weighted by molar-refractivity contribution is -0.156. The number of nitrogens with one attached hydrogen (secondary N) is 1. The van der Waals surface area contributed by atoms with Gasteiger partial charge in [0.05, 0.1) is 22.5 Å². The van der Waals surface area contributed by atoms with Crippen molar-refractivity contribution in [3.8, 4) is 34.1 Å². The molecule has 1 aromatic carbocycles. The first-order valence-corrected chi connectivity index (χ1v) is 12.3. The Kier molecular flexibility index (Phi) is 4.17. The van der Waals surface area contributed by atoms with Gasteiger partial charge in [-0.05, 0) is 81.7 Å². The van der Waals surface area contributed by atoms with Crippen LogP contribution in [-0.2, 0) is 10.2 Å². The van der Waals surface area contributed by atoms with E-state index in [4.69, 9.17) is 19.4 Å². The number of carbonyl (C=O) groups is 1. The summed E-state index contributed by atoms with van der Waals surface area (Å²) in [5.41, 5.74) is 4.15. The minimum Gasteiger partial charge on any atom is -0.481 e. The van der Waals surface area contributed by atoms with Gasteiger partial charge in [0.1, 0.15) is 5.82 Å². The fourth-order valence-electron chi connectivity index (χ4n) is 6.12. The van der Waals surface area contributed by atoms with Crippen molar-refractivity contribution in [3.63, 3.8) is 0 Å². The minimum absolute atomic E-state index is 0.103. The standard InChI is InChI=1S/C27H27N3O4/c31-25(32)27-11-8-26(9-12-27,10-13-27)24-29-22(17-6-7-20-21(14-17)34-15-33-20)23(30-24)19-3-1-2-18(28-19)16-4-5-16/h1-3,6-7,14,16H,4-5,8-13,15H2,(H,29,30)(H,31,32). The van der Waals surface area contributed by atoms with Gasteiger partial charge >= 0.3 is 5.97 Å². The number of aromatic nitrogens is 3. The van der Waals surface area contributed by atoms with Gasteiger partial charge in [-0.1, -0.05) is 6.07 Å². The van der Waals surface area contributed by atoms with Gasteiger partial charge < -0.3 is 19.6 Å². The first-order chi connectivity index (χ1) is 16.6. The van der Waals surface area contributed by atoms with E-state index in [1.54, 1.807) is 0 Å². The zero-order valence-electron chi connectivity index (χ0n) is 19.0. The Morgan fingerprint density at radius 1 is 0.971 bits per heavy atom. The summed E-state index contributed by atoms with van der Waals surface area (Å²) in [5, 5.41) is 9.81. The molecule has 4 saturated carbocycles. The van der Waals surface area contributed by atoms with Gasteiger partial charge in [-0.15, -0.1) is 0 Å². The molecule has 0 atom stereocenters. The molecule has 4 fully saturated rings. The van der Waals surface area contributed by atoms with Crippen LogP contribution in [0.15, 0.2) is 36.4 Å². The first-order valence-electron chi connectivity index (χ1n) is 12.3. The number of H-pyrrole nitrogens is 1. The van der Waals surface area contributed by atoms with Crippen molar-refractivity contribution in [1.29, 1.82) is 0 Å². The monoisotopic (exact) mass is 457 g/mol. The molecular formula is C27H27N3O4. The van der Waals surface area contributed by atoms with Crippen LogP contribution in [0.1, 0.15) is 68.8 Å². The van der Waals surface area contributed by atoms with Crippen molar-refractivity contribution in [1.82, 2.24) is 15.0 Å². The topological polar surface area (TPSA) is 97.3 Å². The SMILES string of the molecule is O=C(O)C12CCC(c3nc(-c4ccc5c(c4)OCO5)c(-c4cccc(C5CC5)n4)[nH]3)(CC1)CC2. The molecule has 2 aromatic heterocycles. The molecule has 2 N–H and O–H groups in total. The molecule has 0 amide bonds. The number of hydrogen-bond acceptors (Lipinski definition) is 5. The van der Waals surface area contributed by atoms with Crippen molar-refractivity contribution < 1.29 is 19.4 Å². The van der Waals surface area contributed by atoms with E-state index in [9.17, 15) is 9.90 Å². The van der Waals surface area contributed by atoms with Crippen LogP contribution in [0.2, 0.25) is 0 Å². The van der Waals surface area contributed by atoms with Crippen LogP contribution in [0, 0.1) is 5.41 Å². The van der Waals surface area contributed by atoms with Gasteiger partial charge in [-0.3, -0.25) is 9.78 Å². The summed E-state index contributed by atoms with van der Waals surface area (Å²) >= 11 is 0. The van der Waals surface area contributed by atoms with Crippen LogP contribution < -0.4 is 9.47 Å². The highest BCUT2D eigenvalue weighted by atomic mass is 16.7. The maximum Gasteiger partial charge on any atom is 0.309 e. The second kappa shape index (κ2) is 7.08. The van der Waals surface area contributed by atoms with Gasteiger partial charge in [-0.25, -0.2) is 4.98 Å². The molecule has 0 radical (unpaired) electrons. The molecule has 8 rings (SSSR count). The number of aliphatic carboxylic acids is 1. The molecule has 5 aliphatic rings. The maximum atomic E-state index is 11.9. The van der Waals surface area contributed by atoms with E-state index in [2.05, 4.69) is 23.2 Å². The van der Waals surface area contributed by atoms with Crippen LogP contribution in [0.25, 0.3) is 22.6 Å². The molecule has 174 valence electrons. The van der Waals surface area contributed by atoms with Gasteiger partial charge in [0.2, 0.25) is 6.79 Å². The van der Waals surface area contributed by atoms with Crippen LogP contribution in [0.5, 0.6) is 11.5 Å². The lowest BCUT2D eigenvalue weighted by Gasteiger charge is -2.50. The Labute approximate surface area is 197 Å².